The molecule has 0 radical (unpaired) electrons. The van der Waals surface area contributed by atoms with Gasteiger partial charge in [-0.2, -0.15) is 10.1 Å². The highest BCUT2D eigenvalue weighted by molar-refractivity contribution is 5.79. The number of nitro groups is 1. The number of hydrogen-bond acceptors (Lipinski definition) is 8. The first-order valence-electron chi connectivity index (χ1n) is 7.82. The number of nitro benzene ring substituents is 1. The zero-order chi connectivity index (χ0) is 18.8. The first kappa shape index (κ1) is 17.4. The van der Waals surface area contributed by atoms with Gasteiger partial charge >= 0.3 is 11.7 Å². The highest BCUT2D eigenvalue weighted by Gasteiger charge is 2.41. The highest BCUT2D eigenvalue weighted by atomic mass is 16.6. The van der Waals surface area contributed by atoms with Crippen LogP contribution in [0.25, 0.3) is 0 Å². The number of aromatic nitrogens is 3. The fourth-order valence-electron chi connectivity index (χ4n) is 2.97. The van der Waals surface area contributed by atoms with Gasteiger partial charge in [0.25, 0.3) is 0 Å². The van der Waals surface area contributed by atoms with Crippen molar-refractivity contribution in [2.45, 2.75) is 13.0 Å². The Bertz CT molecular complexity index is 878. The molecule has 0 bridgehead atoms. The van der Waals surface area contributed by atoms with E-state index in [-0.39, 0.29) is 18.0 Å². The van der Waals surface area contributed by atoms with Crippen molar-refractivity contribution in [3.8, 4) is 5.75 Å². The summed E-state index contributed by atoms with van der Waals surface area (Å²) in [5.41, 5.74) is 0.663. The van der Waals surface area contributed by atoms with Crippen LogP contribution in [-0.2, 0) is 9.53 Å². The second-order valence-electron chi connectivity index (χ2n) is 5.54. The van der Waals surface area contributed by atoms with Crippen LogP contribution in [0.15, 0.2) is 36.8 Å². The van der Waals surface area contributed by atoms with Gasteiger partial charge in [-0.15, -0.1) is 0 Å². The van der Waals surface area contributed by atoms with Crippen LogP contribution in [0.1, 0.15) is 18.5 Å². The van der Waals surface area contributed by atoms with Crippen LogP contribution in [0.4, 0.5) is 11.6 Å². The van der Waals surface area contributed by atoms with Gasteiger partial charge in [0.2, 0.25) is 5.95 Å². The van der Waals surface area contributed by atoms with Gasteiger partial charge in [-0.25, -0.2) is 4.68 Å². The van der Waals surface area contributed by atoms with Gasteiger partial charge < -0.3 is 14.8 Å². The normalized spacial score (nSPS) is 18.6. The molecule has 0 spiro atoms. The number of esters is 1. The van der Waals surface area contributed by atoms with Crippen molar-refractivity contribution >= 4 is 17.6 Å². The van der Waals surface area contributed by atoms with E-state index in [0.29, 0.717) is 17.2 Å². The third-order valence-corrected chi connectivity index (χ3v) is 4.08. The van der Waals surface area contributed by atoms with Crippen LogP contribution >= 0.6 is 0 Å². The Morgan fingerprint density at radius 3 is 2.92 bits per heavy atom. The highest BCUT2D eigenvalue weighted by Crippen LogP contribution is 2.40. The van der Waals surface area contributed by atoms with Crippen molar-refractivity contribution in [3.63, 3.8) is 0 Å². The zero-order valence-corrected chi connectivity index (χ0v) is 14.2. The molecule has 0 saturated carbocycles. The largest absolute Gasteiger partial charge is 0.490 e. The molecule has 0 saturated heterocycles. The van der Waals surface area contributed by atoms with E-state index < -0.39 is 22.9 Å². The lowest BCUT2D eigenvalue weighted by molar-refractivity contribution is -0.385. The third kappa shape index (κ3) is 2.85. The van der Waals surface area contributed by atoms with Gasteiger partial charge in [-0.3, -0.25) is 14.9 Å². The van der Waals surface area contributed by atoms with Crippen LogP contribution in [-0.4, -0.2) is 39.4 Å². The maximum atomic E-state index is 12.5. The van der Waals surface area contributed by atoms with E-state index in [1.165, 1.54) is 30.3 Å². The van der Waals surface area contributed by atoms with E-state index in [2.05, 4.69) is 22.0 Å². The van der Waals surface area contributed by atoms with Crippen LogP contribution in [0.3, 0.4) is 0 Å². The second-order valence-corrected chi connectivity index (χ2v) is 5.54. The monoisotopic (exact) mass is 359 g/mol. The minimum atomic E-state index is -0.822. The van der Waals surface area contributed by atoms with Gasteiger partial charge in [0, 0.05) is 11.8 Å². The fraction of sp³-hybridized carbons (Fsp3) is 0.312. The molecule has 3 rings (SSSR count). The third-order valence-electron chi connectivity index (χ3n) is 4.08. The summed E-state index contributed by atoms with van der Waals surface area (Å²) < 4.78 is 11.7. The molecule has 2 unspecified atom stereocenters. The van der Waals surface area contributed by atoms with Crippen LogP contribution in [0.5, 0.6) is 5.75 Å². The van der Waals surface area contributed by atoms with Crippen molar-refractivity contribution in [1.82, 2.24) is 14.8 Å². The molecule has 26 heavy (non-hydrogen) atoms. The van der Waals surface area contributed by atoms with Crippen molar-refractivity contribution in [2.75, 3.05) is 19.0 Å². The molecular weight excluding hydrogens is 342 g/mol. The van der Waals surface area contributed by atoms with Crippen LogP contribution < -0.4 is 10.1 Å². The van der Waals surface area contributed by atoms with E-state index in [1.807, 2.05) is 0 Å². The maximum absolute atomic E-state index is 12.5. The number of carbonyl (C=O) groups excluding carboxylic acids is 1. The summed E-state index contributed by atoms with van der Waals surface area (Å²) in [7, 11) is 1.35. The van der Waals surface area contributed by atoms with Crippen LogP contribution in [0.2, 0.25) is 0 Å². The first-order valence-corrected chi connectivity index (χ1v) is 7.82. The Morgan fingerprint density at radius 1 is 1.50 bits per heavy atom. The molecule has 0 aliphatic carbocycles. The molecule has 1 aromatic carbocycles. The number of nitrogens with one attached hydrogen (secondary N) is 1. The summed E-state index contributed by atoms with van der Waals surface area (Å²) in [5, 5.41) is 18.4. The minimum absolute atomic E-state index is 0.123. The Kier molecular flexibility index (Phi) is 4.57. The van der Waals surface area contributed by atoms with E-state index in [4.69, 9.17) is 9.47 Å². The SMILES string of the molecule is C=C1Nc2ncnn2C(c2ccc(OC)c([N+](=O)[O-])c2)C1C(=O)OCC. The number of carbonyl (C=O) groups is 1. The number of ether oxygens (including phenoxy) is 2. The maximum Gasteiger partial charge on any atom is 0.317 e. The van der Waals surface area contributed by atoms with Gasteiger partial charge in [0.1, 0.15) is 12.2 Å². The summed E-state index contributed by atoms with van der Waals surface area (Å²) in [6, 6.07) is 3.80. The number of benzene rings is 1. The average Bonchev–Trinajstić information content (AvgIpc) is 3.07. The summed E-state index contributed by atoms with van der Waals surface area (Å²) >= 11 is 0. The molecule has 0 amide bonds. The quantitative estimate of drug-likeness (QED) is 0.488. The molecular formula is C16H17N5O5. The molecule has 1 aromatic heterocycles. The smallest absolute Gasteiger partial charge is 0.317 e. The molecule has 1 aliphatic rings. The van der Waals surface area contributed by atoms with Gasteiger partial charge in [0.05, 0.1) is 24.7 Å². The van der Waals surface area contributed by atoms with Crippen molar-refractivity contribution < 1.29 is 19.2 Å². The molecule has 10 nitrogen and oxygen atoms in total. The summed E-state index contributed by atoms with van der Waals surface area (Å²) in [5.74, 6) is -0.816. The van der Waals surface area contributed by atoms with E-state index in [0.717, 1.165) is 0 Å². The van der Waals surface area contributed by atoms with Crippen molar-refractivity contribution in [1.29, 1.82) is 0 Å². The number of nitrogens with zero attached hydrogens (tertiary/aromatic N) is 4. The Morgan fingerprint density at radius 2 is 2.27 bits per heavy atom. The lowest BCUT2D eigenvalue weighted by Crippen LogP contribution is -2.37. The average molecular weight is 359 g/mol. The summed E-state index contributed by atoms with van der Waals surface area (Å²) in [4.78, 5) is 27.4. The van der Waals surface area contributed by atoms with E-state index >= 15 is 0 Å². The topological polar surface area (TPSA) is 121 Å². The van der Waals surface area contributed by atoms with Crippen molar-refractivity contribution in [2.24, 2.45) is 5.92 Å². The number of rotatable bonds is 5. The lowest BCUT2D eigenvalue weighted by Gasteiger charge is -2.33. The van der Waals surface area contributed by atoms with Crippen LogP contribution in [0, 0.1) is 16.0 Å². The standard InChI is InChI=1S/C16H17N5O5/c1-4-26-15(22)13-9(2)19-16-17-8-18-20(16)14(13)10-5-6-12(25-3)11(7-10)21(23)24/h5-8,13-14H,2,4H2,1,3H3,(H,17,18,19). The number of methoxy groups -OCH3 is 1. The predicted molar refractivity (Wildman–Crippen MR) is 90.7 cm³/mol. The van der Waals surface area contributed by atoms with Gasteiger partial charge in [0.15, 0.2) is 5.75 Å². The fourth-order valence-corrected chi connectivity index (χ4v) is 2.97. The number of fused-ring (bicyclic) bond motifs is 1. The molecule has 1 aliphatic heterocycles. The van der Waals surface area contributed by atoms with Crippen molar-refractivity contribution in [3.05, 3.63) is 52.5 Å². The first-order chi connectivity index (χ1) is 12.5. The Balaban J connectivity index is 2.15. The minimum Gasteiger partial charge on any atom is -0.490 e. The summed E-state index contributed by atoms with van der Waals surface area (Å²) in [6.45, 7) is 5.79. The molecule has 2 heterocycles. The predicted octanol–water partition coefficient (Wildman–Crippen LogP) is 1.90. The van der Waals surface area contributed by atoms with E-state index in [9.17, 15) is 14.9 Å². The number of hydrogen-bond donors (Lipinski definition) is 1. The Hall–Kier alpha value is -3.43. The van der Waals surface area contributed by atoms with E-state index in [1.54, 1.807) is 13.0 Å². The summed E-state index contributed by atoms with van der Waals surface area (Å²) in [6.07, 6.45) is 1.33. The lowest BCUT2D eigenvalue weighted by atomic mass is 9.89. The molecule has 2 aromatic rings. The number of anilines is 1. The van der Waals surface area contributed by atoms with Gasteiger partial charge in [-0.05, 0) is 18.6 Å². The molecule has 0 fully saturated rings. The molecule has 10 heteroatoms. The molecule has 2 atom stereocenters. The zero-order valence-electron chi connectivity index (χ0n) is 14.2. The Labute approximate surface area is 148 Å². The second kappa shape index (κ2) is 6.82. The molecule has 136 valence electrons. The van der Waals surface area contributed by atoms with Gasteiger partial charge in [-0.1, -0.05) is 12.6 Å². The molecule has 1 N–H and O–H groups in total.